The molecule has 2 aliphatic heterocycles. The summed E-state index contributed by atoms with van der Waals surface area (Å²) in [4.78, 5) is 24.4. The highest BCUT2D eigenvalue weighted by atomic mass is 16.5. The van der Waals surface area contributed by atoms with E-state index in [1.165, 1.54) is 0 Å². The first-order chi connectivity index (χ1) is 13.8. The van der Waals surface area contributed by atoms with Gasteiger partial charge in [0, 0.05) is 32.5 Å². The Bertz CT molecular complexity index is 787. The van der Waals surface area contributed by atoms with Crippen LogP contribution < -0.4 is 10.2 Å². The third-order valence-corrected chi connectivity index (χ3v) is 5.54. The minimum absolute atomic E-state index is 0.0161. The van der Waals surface area contributed by atoms with Crippen LogP contribution >= 0.6 is 0 Å². The fourth-order valence-electron chi connectivity index (χ4n) is 3.89. The van der Waals surface area contributed by atoms with Crippen molar-refractivity contribution < 1.29 is 14.3 Å². The third kappa shape index (κ3) is 4.00. The molecule has 0 bridgehead atoms. The molecule has 7 nitrogen and oxygen atoms in total. The predicted molar refractivity (Wildman–Crippen MR) is 105 cm³/mol. The van der Waals surface area contributed by atoms with Gasteiger partial charge in [-0.2, -0.15) is 0 Å². The summed E-state index contributed by atoms with van der Waals surface area (Å²) in [7, 11) is 0. The average Bonchev–Trinajstić information content (AvgIpc) is 2.79. The fourth-order valence-corrected chi connectivity index (χ4v) is 3.89. The number of morpholine rings is 1. The van der Waals surface area contributed by atoms with Gasteiger partial charge >= 0.3 is 0 Å². The molecule has 0 atom stereocenters. The van der Waals surface area contributed by atoms with Gasteiger partial charge in [0.25, 0.3) is 0 Å². The summed E-state index contributed by atoms with van der Waals surface area (Å²) >= 11 is 0. The zero-order valence-corrected chi connectivity index (χ0v) is 16.0. The van der Waals surface area contributed by atoms with Gasteiger partial charge in [-0.1, -0.05) is 30.3 Å². The zero-order valence-electron chi connectivity index (χ0n) is 16.0. The lowest BCUT2D eigenvalue weighted by atomic mass is 9.73. The van der Waals surface area contributed by atoms with Gasteiger partial charge in [-0.15, -0.1) is 0 Å². The number of nitrogens with one attached hydrogen (secondary N) is 1. The third-order valence-electron chi connectivity index (χ3n) is 5.54. The smallest absolute Gasteiger partial charge is 0.231 e. The van der Waals surface area contributed by atoms with Crippen molar-refractivity contribution in [3.8, 4) is 0 Å². The molecule has 7 heteroatoms. The Hall–Kier alpha value is -2.51. The van der Waals surface area contributed by atoms with Crippen molar-refractivity contribution in [2.45, 2.75) is 24.8 Å². The van der Waals surface area contributed by atoms with Crippen molar-refractivity contribution in [3.63, 3.8) is 0 Å². The van der Waals surface area contributed by atoms with Crippen molar-refractivity contribution in [1.82, 2.24) is 15.3 Å². The molecule has 2 fully saturated rings. The number of nitrogens with zero attached hydrogens (tertiary/aromatic N) is 3. The van der Waals surface area contributed by atoms with Crippen LogP contribution in [0.15, 0.2) is 42.6 Å². The van der Waals surface area contributed by atoms with Crippen LogP contribution in [0.25, 0.3) is 0 Å². The molecule has 1 N–H and O–H groups in total. The molecule has 2 saturated heterocycles. The minimum atomic E-state index is -0.554. The normalized spacial score (nSPS) is 19.2. The molecule has 1 aromatic heterocycles. The number of carbonyl (C=O) groups is 1. The van der Waals surface area contributed by atoms with Gasteiger partial charge in [0.05, 0.1) is 25.2 Å². The summed E-state index contributed by atoms with van der Waals surface area (Å²) in [6.45, 7) is 4.54. The summed E-state index contributed by atoms with van der Waals surface area (Å²) < 4.78 is 10.9. The lowest BCUT2D eigenvalue weighted by Crippen LogP contribution is -2.48. The highest BCUT2D eigenvalue weighted by Crippen LogP contribution is 2.35. The Labute approximate surface area is 165 Å². The van der Waals surface area contributed by atoms with E-state index in [1.54, 1.807) is 6.20 Å². The Kier molecular flexibility index (Phi) is 5.83. The van der Waals surface area contributed by atoms with E-state index < -0.39 is 5.41 Å². The number of amides is 1. The van der Waals surface area contributed by atoms with E-state index in [9.17, 15) is 4.79 Å². The average molecular weight is 382 g/mol. The predicted octanol–water partition coefficient (Wildman–Crippen LogP) is 1.68. The second kappa shape index (κ2) is 8.67. The van der Waals surface area contributed by atoms with Crippen molar-refractivity contribution in [2.75, 3.05) is 44.4 Å². The largest absolute Gasteiger partial charge is 0.381 e. The number of ether oxygens (including phenoxy) is 2. The van der Waals surface area contributed by atoms with Gasteiger partial charge in [-0.25, -0.2) is 9.97 Å². The van der Waals surface area contributed by atoms with Crippen LogP contribution in [0.4, 0.5) is 5.82 Å². The first kappa shape index (κ1) is 18.8. The number of benzene rings is 1. The second-order valence-corrected chi connectivity index (χ2v) is 7.17. The van der Waals surface area contributed by atoms with Crippen LogP contribution in [0.1, 0.15) is 24.2 Å². The SMILES string of the molecule is O=C(NCc1nccc(N2CCOCC2)n1)C1(c2ccccc2)CCOCC1. The molecule has 0 unspecified atom stereocenters. The van der Waals surface area contributed by atoms with Crippen LogP contribution in [0.3, 0.4) is 0 Å². The maximum atomic E-state index is 13.2. The molecule has 4 rings (SSSR count). The highest BCUT2D eigenvalue weighted by molar-refractivity contribution is 5.88. The summed E-state index contributed by atoms with van der Waals surface area (Å²) in [5.41, 5.74) is 0.486. The highest BCUT2D eigenvalue weighted by Gasteiger charge is 2.41. The van der Waals surface area contributed by atoms with E-state index in [1.807, 2.05) is 36.4 Å². The van der Waals surface area contributed by atoms with Gasteiger partial charge < -0.3 is 19.7 Å². The zero-order chi connectivity index (χ0) is 19.2. The lowest BCUT2D eigenvalue weighted by molar-refractivity contribution is -0.130. The number of anilines is 1. The molecule has 148 valence electrons. The number of aromatic nitrogens is 2. The quantitative estimate of drug-likeness (QED) is 0.848. The molecule has 1 aromatic carbocycles. The monoisotopic (exact) mass is 382 g/mol. The summed E-state index contributed by atoms with van der Waals surface area (Å²) in [6, 6.07) is 11.9. The fraction of sp³-hybridized carbons (Fsp3) is 0.476. The number of carbonyl (C=O) groups excluding carboxylic acids is 1. The van der Waals surface area contributed by atoms with Crippen LogP contribution in [0, 0.1) is 0 Å². The molecule has 3 heterocycles. The van der Waals surface area contributed by atoms with Crippen LogP contribution in [-0.4, -0.2) is 55.4 Å². The van der Waals surface area contributed by atoms with Gasteiger partial charge in [0.1, 0.15) is 11.6 Å². The van der Waals surface area contributed by atoms with Gasteiger partial charge in [-0.3, -0.25) is 4.79 Å². The van der Waals surface area contributed by atoms with Gasteiger partial charge in [0.15, 0.2) is 0 Å². The molecular formula is C21H26N4O3. The van der Waals surface area contributed by atoms with E-state index in [4.69, 9.17) is 9.47 Å². The van der Waals surface area contributed by atoms with Crippen LogP contribution in [-0.2, 0) is 26.2 Å². The molecule has 0 saturated carbocycles. The molecule has 0 aliphatic carbocycles. The molecule has 2 aromatic rings. The first-order valence-corrected chi connectivity index (χ1v) is 9.84. The standard InChI is InChI=1S/C21H26N4O3/c26-20(21(7-12-27-13-8-21)17-4-2-1-3-5-17)23-16-18-22-9-6-19(24-18)25-10-14-28-15-11-25/h1-6,9H,7-8,10-16H2,(H,23,26). The maximum absolute atomic E-state index is 13.2. The van der Waals surface area contributed by atoms with E-state index in [0.717, 1.165) is 24.5 Å². The van der Waals surface area contributed by atoms with Crippen molar-refractivity contribution in [3.05, 3.63) is 54.0 Å². The van der Waals surface area contributed by atoms with Crippen LogP contribution in [0.5, 0.6) is 0 Å². The Morgan fingerprint density at radius 3 is 2.50 bits per heavy atom. The molecular weight excluding hydrogens is 356 g/mol. The van der Waals surface area contributed by atoms with Crippen molar-refractivity contribution >= 4 is 11.7 Å². The Morgan fingerprint density at radius 1 is 1.04 bits per heavy atom. The summed E-state index contributed by atoms with van der Waals surface area (Å²) in [5.74, 6) is 1.52. The molecule has 1 amide bonds. The van der Waals surface area contributed by atoms with E-state index in [0.29, 0.717) is 51.6 Å². The lowest BCUT2D eigenvalue weighted by Gasteiger charge is -2.36. The van der Waals surface area contributed by atoms with Crippen molar-refractivity contribution in [2.24, 2.45) is 0 Å². The maximum Gasteiger partial charge on any atom is 0.231 e. The first-order valence-electron chi connectivity index (χ1n) is 9.84. The molecule has 0 spiro atoms. The second-order valence-electron chi connectivity index (χ2n) is 7.17. The van der Waals surface area contributed by atoms with E-state index >= 15 is 0 Å². The van der Waals surface area contributed by atoms with Gasteiger partial charge in [-0.05, 0) is 24.5 Å². The van der Waals surface area contributed by atoms with E-state index in [-0.39, 0.29) is 5.91 Å². The van der Waals surface area contributed by atoms with Crippen molar-refractivity contribution in [1.29, 1.82) is 0 Å². The topological polar surface area (TPSA) is 76.6 Å². The Balaban J connectivity index is 1.47. The molecule has 0 radical (unpaired) electrons. The molecule has 2 aliphatic rings. The Morgan fingerprint density at radius 2 is 1.75 bits per heavy atom. The number of rotatable bonds is 5. The summed E-state index contributed by atoms with van der Waals surface area (Å²) in [5, 5.41) is 3.08. The summed E-state index contributed by atoms with van der Waals surface area (Å²) in [6.07, 6.45) is 3.11. The van der Waals surface area contributed by atoms with Gasteiger partial charge in [0.2, 0.25) is 5.91 Å². The van der Waals surface area contributed by atoms with E-state index in [2.05, 4.69) is 20.2 Å². The minimum Gasteiger partial charge on any atom is -0.381 e. The van der Waals surface area contributed by atoms with Crippen LogP contribution in [0.2, 0.25) is 0 Å². The molecule has 28 heavy (non-hydrogen) atoms. The number of hydrogen-bond acceptors (Lipinski definition) is 6. The number of hydrogen-bond donors (Lipinski definition) is 1.